The molecule has 0 saturated heterocycles. The molecule has 1 aliphatic carbocycles. The van der Waals surface area contributed by atoms with Crippen molar-refractivity contribution in [3.63, 3.8) is 0 Å². The van der Waals surface area contributed by atoms with Crippen LogP contribution in [0, 0.1) is 0 Å². The van der Waals surface area contributed by atoms with E-state index in [4.69, 9.17) is 9.98 Å². The van der Waals surface area contributed by atoms with Crippen molar-refractivity contribution in [3.8, 4) is 16.8 Å². The Kier molecular flexibility index (Phi) is 7.21. The highest BCUT2D eigenvalue weighted by atomic mass is 15.1. The van der Waals surface area contributed by atoms with E-state index in [2.05, 4.69) is 194 Å². The van der Waals surface area contributed by atoms with Crippen LogP contribution in [0.25, 0.3) is 66.1 Å². The van der Waals surface area contributed by atoms with Gasteiger partial charge in [0, 0.05) is 50.2 Å². The highest BCUT2D eigenvalue weighted by Crippen LogP contribution is 2.51. The Morgan fingerprint density at radius 2 is 1.11 bits per heavy atom. The van der Waals surface area contributed by atoms with Gasteiger partial charge in [-0.05, 0) is 76.7 Å². The van der Waals surface area contributed by atoms with Gasteiger partial charge in [-0.3, -0.25) is 4.57 Å². The molecule has 3 heterocycles. The number of amidine groups is 1. The zero-order valence-electron chi connectivity index (χ0n) is 31.8. The van der Waals surface area contributed by atoms with Crippen molar-refractivity contribution in [2.24, 2.45) is 9.98 Å². The van der Waals surface area contributed by atoms with Crippen molar-refractivity contribution >= 4 is 61.0 Å². The summed E-state index contributed by atoms with van der Waals surface area (Å²) < 4.78 is 4.80. The van der Waals surface area contributed by atoms with E-state index in [1.165, 1.54) is 60.4 Å². The van der Waals surface area contributed by atoms with Gasteiger partial charge in [0.1, 0.15) is 5.84 Å². The Morgan fingerprint density at radius 1 is 0.500 bits per heavy atom. The van der Waals surface area contributed by atoms with Gasteiger partial charge in [0.15, 0.2) is 5.84 Å². The fourth-order valence-electron chi connectivity index (χ4n) is 9.49. The summed E-state index contributed by atoms with van der Waals surface area (Å²) in [6.45, 7) is 6.95. The molecule has 56 heavy (non-hydrogen) atoms. The van der Waals surface area contributed by atoms with Gasteiger partial charge < -0.3 is 4.57 Å². The number of para-hydroxylation sites is 3. The highest BCUT2D eigenvalue weighted by molar-refractivity contribution is 6.19. The molecule has 7 aromatic carbocycles. The largest absolute Gasteiger partial charge is 0.309 e. The third-order valence-corrected chi connectivity index (χ3v) is 12.2. The van der Waals surface area contributed by atoms with E-state index in [-0.39, 0.29) is 5.41 Å². The minimum absolute atomic E-state index is 0.104. The Labute approximate surface area is 326 Å². The predicted molar refractivity (Wildman–Crippen MR) is 235 cm³/mol. The number of benzene rings is 7. The van der Waals surface area contributed by atoms with Gasteiger partial charge in [-0.2, -0.15) is 0 Å². The second-order valence-electron chi connectivity index (χ2n) is 15.7. The minimum atomic E-state index is -0.104. The zero-order chi connectivity index (χ0) is 37.5. The Hall–Kier alpha value is -6.78. The van der Waals surface area contributed by atoms with Crippen LogP contribution in [0.5, 0.6) is 0 Å². The smallest absolute Gasteiger partial charge is 0.161 e. The average Bonchev–Trinajstić information content (AvgIpc) is 3.77. The van der Waals surface area contributed by atoms with Crippen molar-refractivity contribution < 1.29 is 0 Å². The van der Waals surface area contributed by atoms with Gasteiger partial charge in [0.05, 0.1) is 27.8 Å². The Morgan fingerprint density at radius 3 is 1.82 bits per heavy atom. The molecular formula is C52H40N4. The van der Waals surface area contributed by atoms with Gasteiger partial charge in [0.25, 0.3) is 0 Å². The maximum atomic E-state index is 5.58. The van der Waals surface area contributed by atoms with Crippen LogP contribution >= 0.6 is 0 Å². The zero-order valence-corrected chi connectivity index (χ0v) is 31.8. The number of nitrogens with zero attached hydrogens (tertiary/aromatic N) is 4. The molecule has 0 atom stereocenters. The summed E-state index contributed by atoms with van der Waals surface area (Å²) in [5.41, 5.74) is 15.5. The number of allylic oxidation sites excluding steroid dienone is 1. The molecule has 4 heteroatoms. The van der Waals surface area contributed by atoms with Crippen LogP contribution in [0.3, 0.4) is 0 Å². The molecule has 0 N–H and O–H groups in total. The molecule has 0 fully saturated rings. The van der Waals surface area contributed by atoms with Gasteiger partial charge >= 0.3 is 0 Å². The lowest BCUT2D eigenvalue weighted by Gasteiger charge is -2.21. The summed E-state index contributed by atoms with van der Waals surface area (Å²) >= 11 is 0. The van der Waals surface area contributed by atoms with Gasteiger partial charge in [0.2, 0.25) is 0 Å². The number of fused-ring (bicyclic) bond motifs is 9. The van der Waals surface area contributed by atoms with Crippen molar-refractivity contribution in [2.45, 2.75) is 39.0 Å². The quantitative estimate of drug-likeness (QED) is 0.173. The topological polar surface area (TPSA) is 34.6 Å². The van der Waals surface area contributed by atoms with E-state index in [1.807, 2.05) is 0 Å². The Bertz CT molecular complexity index is 3110. The molecule has 9 aromatic rings. The molecule has 4 nitrogen and oxygen atoms in total. The molecule has 0 saturated carbocycles. The van der Waals surface area contributed by atoms with E-state index in [0.29, 0.717) is 12.3 Å². The molecule has 0 unspecified atom stereocenters. The lowest BCUT2D eigenvalue weighted by molar-refractivity contribution is 0.661. The predicted octanol–water partition coefficient (Wildman–Crippen LogP) is 13.1. The number of aromatic nitrogens is 2. The first-order valence-corrected chi connectivity index (χ1v) is 19.7. The van der Waals surface area contributed by atoms with E-state index in [9.17, 15) is 0 Å². The fraction of sp³-hybridized carbons (Fsp3) is 0.115. The summed E-state index contributed by atoms with van der Waals surface area (Å²) in [6, 6.07) is 59.4. The summed E-state index contributed by atoms with van der Waals surface area (Å²) in [6.07, 6.45) is 1.55. The molecular weight excluding hydrogens is 681 g/mol. The van der Waals surface area contributed by atoms with Crippen LogP contribution < -0.4 is 0 Å². The van der Waals surface area contributed by atoms with Crippen LogP contribution in [-0.4, -0.2) is 20.8 Å². The standard InChI is InChI=1S/C52H40N4/c1-4-33-30-49(56-46-27-14-9-22-38(46)39-23-10-15-28-47(39)56)53-51(54-50(33)34-17-6-5-7-18-34)35-19-16-20-36(29-35)55-45-26-13-11-24-40(45)42-31-41-37-21-8-12-25-43(37)52(2,3)44(41)32-48(42)55/h5-29,31-32H,4,30H2,1-3H3. The van der Waals surface area contributed by atoms with Crippen LogP contribution in [0.15, 0.2) is 179 Å². The molecule has 2 aliphatic rings. The maximum Gasteiger partial charge on any atom is 0.161 e. The van der Waals surface area contributed by atoms with E-state index in [1.54, 1.807) is 0 Å². The summed E-state index contributed by atoms with van der Waals surface area (Å²) in [4.78, 5) is 11.1. The molecule has 0 bridgehead atoms. The van der Waals surface area contributed by atoms with Gasteiger partial charge in [-0.25, -0.2) is 9.98 Å². The lowest BCUT2D eigenvalue weighted by atomic mass is 9.82. The first kappa shape index (κ1) is 32.6. The second kappa shape index (κ2) is 12.4. The molecule has 2 aromatic heterocycles. The molecule has 0 radical (unpaired) electrons. The van der Waals surface area contributed by atoms with Crippen molar-refractivity contribution in [2.75, 3.05) is 0 Å². The highest BCUT2D eigenvalue weighted by Gasteiger charge is 2.36. The summed E-state index contributed by atoms with van der Waals surface area (Å²) in [7, 11) is 0. The lowest BCUT2D eigenvalue weighted by Crippen LogP contribution is -2.15. The van der Waals surface area contributed by atoms with Crippen molar-refractivity contribution in [1.29, 1.82) is 0 Å². The monoisotopic (exact) mass is 720 g/mol. The number of hydrogen-bond donors (Lipinski definition) is 0. The number of aliphatic imine (C=N–C) groups is 2. The van der Waals surface area contributed by atoms with Crippen LogP contribution in [0.2, 0.25) is 0 Å². The van der Waals surface area contributed by atoms with E-state index < -0.39 is 0 Å². The van der Waals surface area contributed by atoms with Gasteiger partial charge in [-0.15, -0.1) is 0 Å². The molecule has 1 aliphatic heterocycles. The van der Waals surface area contributed by atoms with Crippen molar-refractivity contribution in [3.05, 3.63) is 192 Å². The number of rotatable bonds is 4. The number of hydrogen-bond acceptors (Lipinski definition) is 2. The van der Waals surface area contributed by atoms with Gasteiger partial charge in [-0.1, -0.05) is 142 Å². The normalized spacial score (nSPS) is 15.0. The van der Waals surface area contributed by atoms with Crippen molar-refractivity contribution in [1.82, 2.24) is 9.13 Å². The molecule has 11 rings (SSSR count). The molecule has 0 spiro atoms. The third kappa shape index (κ3) is 4.78. The molecule has 0 amide bonds. The van der Waals surface area contributed by atoms with Crippen LogP contribution in [0.4, 0.5) is 0 Å². The van der Waals surface area contributed by atoms with Crippen LogP contribution in [-0.2, 0) is 5.41 Å². The molecule has 268 valence electrons. The third-order valence-electron chi connectivity index (χ3n) is 12.2. The minimum Gasteiger partial charge on any atom is -0.309 e. The van der Waals surface area contributed by atoms with Crippen LogP contribution in [0.1, 0.15) is 55.9 Å². The first-order valence-electron chi connectivity index (χ1n) is 19.7. The fourth-order valence-corrected chi connectivity index (χ4v) is 9.49. The summed E-state index contributed by atoms with van der Waals surface area (Å²) in [5.74, 6) is 1.69. The summed E-state index contributed by atoms with van der Waals surface area (Å²) in [5, 5.41) is 4.96. The Balaban J connectivity index is 1.15. The second-order valence-corrected chi connectivity index (χ2v) is 15.7. The maximum absolute atomic E-state index is 5.58. The van der Waals surface area contributed by atoms with E-state index in [0.717, 1.165) is 45.8 Å². The average molecular weight is 721 g/mol. The SMILES string of the molecule is CCC1=C(c2ccccc2)N=C(c2cccc(-n3c4ccccc4c4cc5c(cc43)C(C)(C)c3ccccc3-5)c2)N=C(n2c3ccccc3c3ccccc32)C1. The first-order chi connectivity index (χ1) is 27.5. The van der Waals surface area contributed by atoms with E-state index >= 15 is 0 Å².